The van der Waals surface area contributed by atoms with Crippen LogP contribution in [-0.4, -0.2) is 15.8 Å². The molecule has 7 aromatic carbocycles. The third-order valence-electron chi connectivity index (χ3n) is 14.5. The molecule has 4 heterocycles. The van der Waals surface area contributed by atoms with Crippen LogP contribution in [0.1, 0.15) is 65.4 Å². The highest BCUT2D eigenvalue weighted by molar-refractivity contribution is 6.98. The lowest BCUT2D eigenvalue weighted by molar-refractivity contribution is 0.484. The second-order valence-electron chi connectivity index (χ2n) is 17.4. The summed E-state index contributed by atoms with van der Waals surface area (Å²) in [4.78, 5) is 0. The molecule has 0 fully saturated rings. The monoisotopic (exact) mass is 758 g/mol. The van der Waals surface area contributed by atoms with E-state index in [1.165, 1.54) is 119 Å². The first-order chi connectivity index (χ1) is 29.1. The molecule has 4 heteroatoms. The van der Waals surface area contributed by atoms with Gasteiger partial charge in [-0.1, -0.05) is 127 Å². The van der Waals surface area contributed by atoms with Crippen molar-refractivity contribution < 1.29 is 4.74 Å². The Morgan fingerprint density at radius 3 is 1.88 bits per heavy atom. The number of ether oxygens (including phenoxy) is 1. The van der Waals surface area contributed by atoms with E-state index in [1.807, 2.05) is 0 Å². The van der Waals surface area contributed by atoms with Gasteiger partial charge in [-0.05, 0) is 126 Å². The second kappa shape index (κ2) is 12.5. The first-order valence-corrected chi connectivity index (χ1v) is 21.6. The molecule has 282 valence electrons. The maximum absolute atomic E-state index is 7.42. The zero-order valence-electron chi connectivity index (χ0n) is 33.3. The Kier molecular flexibility index (Phi) is 7.08. The molecule has 13 rings (SSSR count). The van der Waals surface area contributed by atoms with Crippen LogP contribution in [0.5, 0.6) is 11.5 Å². The molecule has 4 aliphatic rings. The molecule has 3 nitrogen and oxygen atoms in total. The molecule has 59 heavy (non-hydrogen) atoms. The number of para-hydroxylation sites is 2. The molecule has 0 bridgehead atoms. The molecule has 0 radical (unpaired) electrons. The fourth-order valence-electron chi connectivity index (χ4n) is 11.8. The van der Waals surface area contributed by atoms with Crippen molar-refractivity contribution in [2.75, 3.05) is 0 Å². The number of aryl methyl sites for hydroxylation is 2. The van der Waals surface area contributed by atoms with Crippen LogP contribution in [0.25, 0.3) is 44.3 Å². The van der Waals surface area contributed by atoms with Gasteiger partial charge in [-0.3, -0.25) is 0 Å². The summed E-state index contributed by atoms with van der Waals surface area (Å²) in [6.07, 6.45) is 8.12. The van der Waals surface area contributed by atoms with Gasteiger partial charge in [-0.15, -0.1) is 0 Å². The number of fused-ring (bicyclic) bond motifs is 10. The number of nitrogens with zero attached hydrogens (tertiary/aromatic N) is 2. The molecule has 0 saturated carbocycles. The lowest BCUT2D eigenvalue weighted by atomic mass is 9.30. The van der Waals surface area contributed by atoms with Gasteiger partial charge in [0.2, 0.25) is 0 Å². The summed E-state index contributed by atoms with van der Waals surface area (Å²) in [6.45, 7) is 2.46. The van der Waals surface area contributed by atoms with E-state index in [-0.39, 0.29) is 6.71 Å². The third kappa shape index (κ3) is 4.66. The van der Waals surface area contributed by atoms with Gasteiger partial charge in [-0.25, -0.2) is 0 Å². The summed E-state index contributed by atoms with van der Waals surface area (Å²) in [5.74, 6) is 1.92. The zero-order chi connectivity index (χ0) is 38.8. The highest BCUT2D eigenvalue weighted by atomic mass is 16.5. The van der Waals surface area contributed by atoms with Gasteiger partial charge >= 0.3 is 0 Å². The number of rotatable bonds is 4. The predicted molar refractivity (Wildman–Crippen MR) is 244 cm³/mol. The zero-order valence-corrected chi connectivity index (χ0v) is 33.3. The van der Waals surface area contributed by atoms with Gasteiger partial charge in [0.1, 0.15) is 11.5 Å². The molecule has 2 aliphatic carbocycles. The fraction of sp³-hybridized carbons (Fsp3) is 0.164. The minimum absolute atomic E-state index is 0.00439. The van der Waals surface area contributed by atoms with E-state index < -0.39 is 5.41 Å². The topological polar surface area (TPSA) is 19.1 Å². The Balaban J connectivity index is 1.11. The van der Waals surface area contributed by atoms with Gasteiger partial charge < -0.3 is 13.9 Å². The largest absolute Gasteiger partial charge is 0.458 e. The number of hydrogen-bond donors (Lipinski definition) is 0. The summed E-state index contributed by atoms with van der Waals surface area (Å²) in [5.41, 5.74) is 20.8. The van der Waals surface area contributed by atoms with Crippen LogP contribution in [-0.2, 0) is 31.1 Å². The van der Waals surface area contributed by atoms with E-state index in [2.05, 4.69) is 174 Å². The van der Waals surface area contributed by atoms with Crippen molar-refractivity contribution in [2.45, 2.75) is 57.3 Å². The molecule has 0 spiro atoms. The molecule has 2 aliphatic heterocycles. The summed E-state index contributed by atoms with van der Waals surface area (Å²) in [6, 6.07) is 59.3. The van der Waals surface area contributed by atoms with Crippen LogP contribution in [0.4, 0.5) is 0 Å². The number of hydrogen-bond acceptors (Lipinski definition) is 1. The van der Waals surface area contributed by atoms with Crippen LogP contribution in [0.2, 0.25) is 0 Å². The van der Waals surface area contributed by atoms with E-state index >= 15 is 0 Å². The standard InChI is InChI=1S/C55H43BN2O/c1-55(37-17-6-3-7-18-37)44-29-27-36(35-15-4-2-5-16-35)31-47(44)56-46-30-28-38(57-48-23-11-8-21-42(48)43-22-14-26-51(43)57)33-52(46)59-53-34-39(32-45(55)54(53)56)58-49-24-12-9-19-40(49)41-20-10-13-25-50(41)58/h2-9,11-12,15-19,21,23-24,27-34H,10,13-14,20,22,25-26H2,1H3. The SMILES string of the molecule is CC1(c2ccccc2)c2ccc(-c3ccccc3)cc2B2c3ccc(-n4c5c(c6ccccc64)CCC5)cc3Oc3cc(-n4c5c(c6ccccc64)CCCC5)cc1c32. The average molecular weight is 759 g/mol. The second-order valence-corrected chi connectivity index (χ2v) is 17.4. The molecule has 0 amide bonds. The Hall–Kier alpha value is -6.52. The maximum atomic E-state index is 7.42. The minimum atomic E-state index is -0.434. The van der Waals surface area contributed by atoms with Crippen LogP contribution < -0.4 is 21.1 Å². The van der Waals surface area contributed by atoms with Gasteiger partial charge in [0.15, 0.2) is 0 Å². The molecule has 1 atom stereocenters. The molecular formula is C55H43BN2O. The Morgan fingerprint density at radius 1 is 0.492 bits per heavy atom. The smallest absolute Gasteiger partial charge is 0.251 e. The quantitative estimate of drug-likeness (QED) is 0.164. The van der Waals surface area contributed by atoms with Crippen LogP contribution >= 0.6 is 0 Å². The van der Waals surface area contributed by atoms with Crippen molar-refractivity contribution in [1.82, 2.24) is 9.13 Å². The fourth-order valence-corrected chi connectivity index (χ4v) is 11.8. The van der Waals surface area contributed by atoms with Crippen LogP contribution in [0.3, 0.4) is 0 Å². The lowest BCUT2D eigenvalue weighted by Crippen LogP contribution is -2.63. The Bertz CT molecular complexity index is 3190. The van der Waals surface area contributed by atoms with Crippen LogP contribution in [0.15, 0.2) is 158 Å². The third-order valence-corrected chi connectivity index (χ3v) is 14.5. The van der Waals surface area contributed by atoms with Gasteiger partial charge in [0.25, 0.3) is 6.71 Å². The lowest BCUT2D eigenvalue weighted by Gasteiger charge is -2.44. The van der Waals surface area contributed by atoms with Crippen molar-refractivity contribution in [2.24, 2.45) is 0 Å². The molecule has 0 saturated heterocycles. The summed E-state index contributed by atoms with van der Waals surface area (Å²) in [5, 5.41) is 2.77. The average Bonchev–Trinajstić information content (AvgIpc) is 3.99. The van der Waals surface area contributed by atoms with Gasteiger partial charge in [0.05, 0.1) is 11.0 Å². The molecule has 9 aromatic rings. The Labute approximate surface area is 345 Å². The number of aromatic nitrogens is 2. The minimum Gasteiger partial charge on any atom is -0.458 e. The maximum Gasteiger partial charge on any atom is 0.251 e. The highest BCUT2D eigenvalue weighted by Crippen LogP contribution is 2.46. The number of benzene rings is 7. The summed E-state index contributed by atoms with van der Waals surface area (Å²) in [7, 11) is 0. The van der Waals surface area contributed by atoms with E-state index in [0.717, 1.165) is 37.2 Å². The van der Waals surface area contributed by atoms with E-state index in [1.54, 1.807) is 0 Å². The van der Waals surface area contributed by atoms with Crippen molar-refractivity contribution in [3.8, 4) is 34.0 Å². The first-order valence-electron chi connectivity index (χ1n) is 21.6. The van der Waals surface area contributed by atoms with Crippen molar-refractivity contribution >= 4 is 44.9 Å². The van der Waals surface area contributed by atoms with Crippen molar-refractivity contribution in [1.29, 1.82) is 0 Å². The Morgan fingerprint density at radius 2 is 1.12 bits per heavy atom. The highest BCUT2D eigenvalue weighted by Gasteiger charge is 2.48. The molecule has 1 unspecified atom stereocenters. The van der Waals surface area contributed by atoms with Crippen molar-refractivity contribution in [3.63, 3.8) is 0 Å². The van der Waals surface area contributed by atoms with E-state index in [0.29, 0.717) is 0 Å². The summed E-state index contributed by atoms with van der Waals surface area (Å²) >= 11 is 0. The molecular weight excluding hydrogens is 715 g/mol. The molecule has 0 N–H and O–H groups in total. The normalized spacial score (nSPS) is 17.3. The summed E-state index contributed by atoms with van der Waals surface area (Å²) < 4.78 is 12.5. The van der Waals surface area contributed by atoms with Gasteiger partial charge in [0, 0.05) is 51.1 Å². The van der Waals surface area contributed by atoms with Crippen LogP contribution in [0, 0.1) is 0 Å². The van der Waals surface area contributed by atoms with Gasteiger partial charge in [-0.2, -0.15) is 0 Å². The van der Waals surface area contributed by atoms with Crippen molar-refractivity contribution in [3.05, 3.63) is 197 Å². The van der Waals surface area contributed by atoms with E-state index in [4.69, 9.17) is 4.74 Å². The first kappa shape index (κ1) is 33.5. The van der Waals surface area contributed by atoms with E-state index in [9.17, 15) is 0 Å². The predicted octanol–water partition coefficient (Wildman–Crippen LogP) is 10.9. The molecule has 2 aromatic heterocycles.